The molecule has 0 saturated carbocycles. The van der Waals surface area contributed by atoms with E-state index < -0.39 is 5.91 Å². The minimum absolute atomic E-state index is 0.00445. The molecular weight excluding hydrogens is 428 g/mol. The van der Waals surface area contributed by atoms with Crippen molar-refractivity contribution in [2.45, 2.75) is 32.0 Å². The molecule has 2 aliphatic rings. The Balaban J connectivity index is 1.58. The van der Waals surface area contributed by atoms with E-state index in [4.69, 9.17) is 21.1 Å². The Morgan fingerprint density at radius 1 is 1.16 bits per heavy atom. The van der Waals surface area contributed by atoms with Gasteiger partial charge in [-0.2, -0.15) is 0 Å². The highest BCUT2D eigenvalue weighted by atomic mass is 35.5. The molecule has 7 heteroatoms. The number of hydrogen-bond acceptors (Lipinski definition) is 4. The molecule has 2 aromatic carbocycles. The van der Waals surface area contributed by atoms with Gasteiger partial charge in [0.15, 0.2) is 0 Å². The topological polar surface area (TPSA) is 76.7 Å². The van der Waals surface area contributed by atoms with Crippen molar-refractivity contribution in [3.05, 3.63) is 82.0 Å². The van der Waals surface area contributed by atoms with Crippen LogP contribution in [0.15, 0.2) is 65.9 Å². The van der Waals surface area contributed by atoms with Gasteiger partial charge in [0.25, 0.3) is 11.8 Å². The van der Waals surface area contributed by atoms with Gasteiger partial charge in [0.05, 0.1) is 6.10 Å². The first kappa shape index (κ1) is 22.1. The Bertz CT molecular complexity index is 1060. The molecule has 1 saturated heterocycles. The predicted molar refractivity (Wildman–Crippen MR) is 123 cm³/mol. The van der Waals surface area contributed by atoms with Crippen molar-refractivity contribution in [1.82, 2.24) is 10.6 Å². The molecule has 2 N–H and O–H groups in total. The monoisotopic (exact) mass is 452 g/mol. The lowest BCUT2D eigenvalue weighted by Gasteiger charge is -2.23. The van der Waals surface area contributed by atoms with Crippen LogP contribution in [-0.2, 0) is 9.53 Å². The number of amides is 2. The van der Waals surface area contributed by atoms with Gasteiger partial charge >= 0.3 is 0 Å². The van der Waals surface area contributed by atoms with E-state index in [9.17, 15) is 9.59 Å². The fraction of sp³-hybridized carbons (Fsp3) is 0.280. The molecule has 0 aromatic heterocycles. The second-order valence-electron chi connectivity index (χ2n) is 7.81. The van der Waals surface area contributed by atoms with Crippen LogP contribution in [0.1, 0.15) is 35.7 Å². The lowest BCUT2D eigenvalue weighted by atomic mass is 10.0. The van der Waals surface area contributed by atoms with Crippen molar-refractivity contribution in [3.63, 3.8) is 0 Å². The number of carbonyl (C=O) groups is 2. The number of hydrogen-bond donors (Lipinski definition) is 2. The molecule has 0 bridgehead atoms. The molecule has 2 aromatic rings. The summed E-state index contributed by atoms with van der Waals surface area (Å²) >= 11 is 5.92. The average molecular weight is 453 g/mol. The third-order valence-electron chi connectivity index (χ3n) is 5.44. The van der Waals surface area contributed by atoms with Gasteiger partial charge in [0, 0.05) is 29.3 Å². The van der Waals surface area contributed by atoms with E-state index >= 15 is 0 Å². The van der Waals surface area contributed by atoms with E-state index in [2.05, 4.69) is 10.6 Å². The van der Waals surface area contributed by atoms with Gasteiger partial charge in [0.2, 0.25) is 0 Å². The van der Waals surface area contributed by atoms with Crippen LogP contribution >= 0.6 is 11.6 Å². The first-order valence-electron chi connectivity index (χ1n) is 10.7. The second kappa shape index (κ2) is 10.0. The van der Waals surface area contributed by atoms with Crippen molar-refractivity contribution in [2.75, 3.05) is 13.2 Å². The summed E-state index contributed by atoms with van der Waals surface area (Å²) in [5.74, 6) is 0.00655. The van der Waals surface area contributed by atoms with Crippen LogP contribution in [0, 0.1) is 0 Å². The summed E-state index contributed by atoms with van der Waals surface area (Å²) in [5.41, 5.74) is 2.24. The Morgan fingerprint density at radius 3 is 2.69 bits per heavy atom. The first-order valence-corrected chi connectivity index (χ1v) is 11.0. The quantitative estimate of drug-likeness (QED) is 0.646. The fourth-order valence-corrected chi connectivity index (χ4v) is 3.78. The smallest absolute Gasteiger partial charge is 0.267 e. The summed E-state index contributed by atoms with van der Waals surface area (Å²) in [7, 11) is 0. The number of fused-ring (bicyclic) bond motifs is 1. The number of benzene rings is 2. The van der Waals surface area contributed by atoms with Gasteiger partial charge in [-0.25, -0.2) is 0 Å². The Morgan fingerprint density at radius 2 is 1.94 bits per heavy atom. The second-order valence-corrected chi connectivity index (χ2v) is 8.24. The number of para-hydroxylation sites is 1. The maximum atomic E-state index is 13.0. The molecule has 2 amide bonds. The molecule has 4 rings (SSSR count). The van der Waals surface area contributed by atoms with Gasteiger partial charge < -0.3 is 20.1 Å². The van der Waals surface area contributed by atoms with E-state index in [-0.39, 0.29) is 23.8 Å². The Labute approximate surface area is 192 Å². The molecule has 2 heterocycles. The highest BCUT2D eigenvalue weighted by Crippen LogP contribution is 2.30. The zero-order valence-corrected chi connectivity index (χ0v) is 18.5. The maximum Gasteiger partial charge on any atom is 0.267 e. The van der Waals surface area contributed by atoms with Crippen LogP contribution in [0.2, 0.25) is 5.02 Å². The van der Waals surface area contributed by atoms with Crippen molar-refractivity contribution < 1.29 is 19.1 Å². The molecule has 166 valence electrons. The molecule has 2 atom stereocenters. The number of rotatable bonds is 6. The Kier molecular flexibility index (Phi) is 6.93. The van der Waals surface area contributed by atoms with Crippen LogP contribution < -0.4 is 15.4 Å². The summed E-state index contributed by atoms with van der Waals surface area (Å²) in [4.78, 5) is 25.8. The molecular formula is C25H25ClN2O4. The standard InChI is InChI=1S/C25H25ClN2O4/c1-16-19(13-18-5-2-3-7-23(18)32-16)14-22(25(30)27-15-21-6-4-12-31-21)28-24(29)17-8-10-20(26)11-9-17/h2-3,5,7-11,13-14,16,21H,4,6,12,15H2,1H3,(H,27,30)(H,28,29)/b22-14+/t16-,21-/m0/s1. The molecule has 0 unspecified atom stereocenters. The number of halogens is 1. The lowest BCUT2D eigenvalue weighted by molar-refractivity contribution is -0.118. The SMILES string of the molecule is C[C@@H]1Oc2ccccc2C=C1/C=C(/NC(=O)c1ccc(Cl)cc1)C(=O)NC[C@@H]1CCCO1. The normalized spacial score (nSPS) is 20.1. The van der Waals surface area contributed by atoms with Gasteiger partial charge in [0.1, 0.15) is 17.6 Å². The fourth-order valence-electron chi connectivity index (χ4n) is 3.65. The van der Waals surface area contributed by atoms with Crippen molar-refractivity contribution >= 4 is 29.5 Å². The van der Waals surface area contributed by atoms with Crippen molar-refractivity contribution in [2.24, 2.45) is 0 Å². The van der Waals surface area contributed by atoms with Crippen molar-refractivity contribution in [1.29, 1.82) is 0 Å². The van der Waals surface area contributed by atoms with Crippen LogP contribution in [-0.4, -0.2) is 37.2 Å². The summed E-state index contributed by atoms with van der Waals surface area (Å²) in [6, 6.07) is 14.2. The van der Waals surface area contributed by atoms with E-state index in [1.807, 2.05) is 37.3 Å². The van der Waals surface area contributed by atoms with Crippen LogP contribution in [0.5, 0.6) is 5.75 Å². The molecule has 0 spiro atoms. The van der Waals surface area contributed by atoms with E-state index in [0.29, 0.717) is 23.7 Å². The zero-order valence-electron chi connectivity index (χ0n) is 17.8. The summed E-state index contributed by atoms with van der Waals surface area (Å²) in [6.45, 7) is 3.00. The Hall–Kier alpha value is -3.09. The number of ether oxygens (including phenoxy) is 2. The van der Waals surface area contributed by atoms with Gasteiger partial charge in [-0.1, -0.05) is 29.8 Å². The largest absolute Gasteiger partial charge is 0.485 e. The minimum Gasteiger partial charge on any atom is -0.485 e. The van der Waals surface area contributed by atoms with Gasteiger partial charge in [-0.05, 0) is 67.8 Å². The van der Waals surface area contributed by atoms with Gasteiger partial charge in [-0.15, -0.1) is 0 Å². The third kappa shape index (κ3) is 5.39. The van der Waals surface area contributed by atoms with E-state index in [1.165, 1.54) is 0 Å². The zero-order chi connectivity index (χ0) is 22.5. The minimum atomic E-state index is -0.398. The average Bonchev–Trinajstić information content (AvgIpc) is 3.31. The number of carbonyl (C=O) groups excluding carboxylic acids is 2. The highest BCUT2D eigenvalue weighted by Gasteiger charge is 2.22. The van der Waals surface area contributed by atoms with Crippen molar-refractivity contribution in [3.8, 4) is 5.75 Å². The first-order chi connectivity index (χ1) is 15.5. The number of nitrogens with one attached hydrogen (secondary N) is 2. The molecule has 0 aliphatic carbocycles. The third-order valence-corrected chi connectivity index (χ3v) is 5.69. The van der Waals surface area contributed by atoms with Crippen LogP contribution in [0.25, 0.3) is 6.08 Å². The van der Waals surface area contributed by atoms with E-state index in [0.717, 1.165) is 29.7 Å². The molecule has 1 fully saturated rings. The van der Waals surface area contributed by atoms with E-state index in [1.54, 1.807) is 30.3 Å². The molecule has 6 nitrogen and oxygen atoms in total. The predicted octanol–water partition coefficient (Wildman–Crippen LogP) is 4.11. The summed E-state index contributed by atoms with van der Waals surface area (Å²) < 4.78 is 11.6. The molecule has 2 aliphatic heterocycles. The highest BCUT2D eigenvalue weighted by molar-refractivity contribution is 6.30. The maximum absolute atomic E-state index is 13.0. The summed E-state index contributed by atoms with van der Waals surface area (Å²) in [6.07, 6.45) is 5.24. The lowest BCUT2D eigenvalue weighted by Crippen LogP contribution is -2.38. The molecule has 32 heavy (non-hydrogen) atoms. The molecule has 0 radical (unpaired) electrons. The summed E-state index contributed by atoms with van der Waals surface area (Å²) in [5, 5.41) is 6.16. The van der Waals surface area contributed by atoms with Gasteiger partial charge in [-0.3, -0.25) is 9.59 Å². The van der Waals surface area contributed by atoms with Crippen LogP contribution in [0.3, 0.4) is 0 Å². The van der Waals surface area contributed by atoms with Crippen LogP contribution in [0.4, 0.5) is 0 Å².